The molecule has 3 rings (SSSR count). The Labute approximate surface area is 141 Å². The lowest BCUT2D eigenvalue weighted by atomic mass is 9.96. The van der Waals surface area contributed by atoms with Crippen molar-refractivity contribution in [3.05, 3.63) is 42.0 Å². The number of carboxylic acid groups (broad SMARTS) is 2. The molecule has 1 saturated carbocycles. The van der Waals surface area contributed by atoms with Crippen molar-refractivity contribution in [3.63, 3.8) is 0 Å². The van der Waals surface area contributed by atoms with Crippen molar-refractivity contribution < 1.29 is 19.8 Å². The zero-order valence-corrected chi connectivity index (χ0v) is 13.8. The highest BCUT2D eigenvalue weighted by molar-refractivity contribution is 5.89. The van der Waals surface area contributed by atoms with E-state index in [2.05, 4.69) is 41.5 Å². The highest BCUT2D eigenvalue weighted by Gasteiger charge is 2.26. The first kappa shape index (κ1) is 18.0. The van der Waals surface area contributed by atoms with Gasteiger partial charge in [-0.3, -0.25) is 0 Å². The van der Waals surface area contributed by atoms with Crippen molar-refractivity contribution in [2.24, 2.45) is 5.92 Å². The van der Waals surface area contributed by atoms with Crippen molar-refractivity contribution in [2.45, 2.75) is 25.3 Å². The maximum absolute atomic E-state index is 9.55. The van der Waals surface area contributed by atoms with Gasteiger partial charge in [-0.25, -0.2) is 9.59 Å². The minimum absolute atomic E-state index is 0.558. The van der Waals surface area contributed by atoms with Crippen LogP contribution in [0.25, 0.3) is 0 Å². The molecule has 1 aliphatic heterocycles. The van der Waals surface area contributed by atoms with Gasteiger partial charge < -0.3 is 20.4 Å². The highest BCUT2D eigenvalue weighted by Crippen LogP contribution is 2.34. The Morgan fingerprint density at radius 1 is 1.17 bits per heavy atom. The van der Waals surface area contributed by atoms with Crippen LogP contribution in [0.3, 0.4) is 0 Å². The number of benzene rings is 1. The Morgan fingerprint density at radius 3 is 2.38 bits per heavy atom. The van der Waals surface area contributed by atoms with Crippen LogP contribution in [0.1, 0.15) is 30.9 Å². The summed E-state index contributed by atoms with van der Waals surface area (Å²) in [5, 5.41) is 19.4. The van der Waals surface area contributed by atoms with Crippen LogP contribution in [-0.4, -0.2) is 42.3 Å². The van der Waals surface area contributed by atoms with Crippen molar-refractivity contribution in [3.8, 4) is 0 Å². The second-order valence-corrected chi connectivity index (χ2v) is 6.18. The molecular formula is C18H24N2O4. The van der Waals surface area contributed by atoms with Crippen molar-refractivity contribution in [1.29, 1.82) is 0 Å². The molecule has 0 saturated heterocycles. The van der Waals surface area contributed by atoms with Crippen molar-refractivity contribution in [2.75, 3.05) is 25.0 Å². The van der Waals surface area contributed by atoms with E-state index in [-0.39, 0.29) is 0 Å². The summed E-state index contributed by atoms with van der Waals surface area (Å²) in [7, 11) is 2.19. The zero-order chi connectivity index (χ0) is 17.5. The minimum atomic E-state index is -1.26. The third kappa shape index (κ3) is 5.70. The molecule has 0 spiro atoms. The zero-order valence-electron chi connectivity index (χ0n) is 13.8. The molecule has 0 amide bonds. The highest BCUT2D eigenvalue weighted by atomic mass is 16.4. The van der Waals surface area contributed by atoms with E-state index >= 15 is 0 Å². The number of hydrogen-bond acceptors (Lipinski definition) is 4. The summed E-state index contributed by atoms with van der Waals surface area (Å²) in [6.45, 7) is 2.38. The smallest absolute Gasteiger partial charge is 0.328 e. The largest absolute Gasteiger partial charge is 0.478 e. The van der Waals surface area contributed by atoms with E-state index in [1.54, 1.807) is 0 Å². The Hall–Kier alpha value is -2.34. The Balaban J connectivity index is 0.000000224. The second kappa shape index (κ2) is 8.49. The number of hydrogen-bond donors (Lipinski definition) is 3. The van der Waals surface area contributed by atoms with E-state index < -0.39 is 11.9 Å². The van der Waals surface area contributed by atoms with Gasteiger partial charge in [-0.05, 0) is 43.4 Å². The summed E-state index contributed by atoms with van der Waals surface area (Å²) in [6.07, 6.45) is 5.22. The standard InChI is InChI=1S/C14H20N2.C4H4O4/c1-16-9-8-13(15-10-11-6-7-11)12-4-2-3-5-14(12)16;5-3(6)1-2-4(7)8/h2-5,11,13,15H,6-10H2,1H3;1-2H,(H,5,6)(H,7,8). The summed E-state index contributed by atoms with van der Waals surface area (Å²) >= 11 is 0. The van der Waals surface area contributed by atoms with Crippen LogP contribution in [0, 0.1) is 5.92 Å². The second-order valence-electron chi connectivity index (χ2n) is 6.18. The first-order valence-electron chi connectivity index (χ1n) is 8.14. The molecule has 1 aromatic rings. The summed E-state index contributed by atoms with van der Waals surface area (Å²) in [5.74, 6) is -1.55. The van der Waals surface area contributed by atoms with E-state index in [1.165, 1.54) is 43.6 Å². The fourth-order valence-electron chi connectivity index (χ4n) is 2.71. The summed E-state index contributed by atoms with van der Waals surface area (Å²) in [6, 6.07) is 9.38. The van der Waals surface area contributed by atoms with Crippen LogP contribution < -0.4 is 10.2 Å². The first-order valence-corrected chi connectivity index (χ1v) is 8.14. The lowest BCUT2D eigenvalue weighted by molar-refractivity contribution is -0.134. The van der Waals surface area contributed by atoms with Gasteiger partial charge in [-0.1, -0.05) is 18.2 Å². The van der Waals surface area contributed by atoms with Crippen LogP contribution in [0.5, 0.6) is 0 Å². The molecule has 1 aliphatic carbocycles. The number of carbonyl (C=O) groups is 2. The van der Waals surface area contributed by atoms with Gasteiger partial charge in [0.1, 0.15) is 0 Å². The molecule has 1 fully saturated rings. The molecule has 1 aromatic carbocycles. The maximum Gasteiger partial charge on any atom is 0.328 e. The van der Waals surface area contributed by atoms with Gasteiger partial charge in [0.05, 0.1) is 0 Å². The molecular weight excluding hydrogens is 308 g/mol. The summed E-state index contributed by atoms with van der Waals surface area (Å²) in [5.41, 5.74) is 2.89. The van der Waals surface area contributed by atoms with Crippen molar-refractivity contribution in [1.82, 2.24) is 5.32 Å². The fourth-order valence-corrected chi connectivity index (χ4v) is 2.71. The van der Waals surface area contributed by atoms with E-state index in [4.69, 9.17) is 10.2 Å². The molecule has 2 aliphatic rings. The molecule has 0 aromatic heterocycles. The molecule has 24 heavy (non-hydrogen) atoms. The van der Waals surface area contributed by atoms with Gasteiger partial charge in [0.15, 0.2) is 0 Å². The average Bonchev–Trinajstić information content (AvgIpc) is 3.38. The minimum Gasteiger partial charge on any atom is -0.478 e. The predicted molar refractivity (Wildman–Crippen MR) is 92.2 cm³/mol. The third-order valence-electron chi connectivity index (χ3n) is 4.19. The van der Waals surface area contributed by atoms with Crippen molar-refractivity contribution >= 4 is 17.6 Å². The number of rotatable bonds is 5. The van der Waals surface area contributed by atoms with Gasteiger partial charge >= 0.3 is 11.9 Å². The van der Waals surface area contributed by atoms with Crippen LogP contribution in [0.15, 0.2) is 36.4 Å². The average molecular weight is 332 g/mol. The molecule has 1 heterocycles. The predicted octanol–water partition coefficient (Wildman–Crippen LogP) is 2.28. The number of para-hydroxylation sites is 1. The summed E-state index contributed by atoms with van der Waals surface area (Å²) < 4.78 is 0. The van der Waals surface area contributed by atoms with Crippen LogP contribution in [0.4, 0.5) is 5.69 Å². The van der Waals surface area contributed by atoms with Crippen LogP contribution in [-0.2, 0) is 9.59 Å². The van der Waals surface area contributed by atoms with Gasteiger partial charge in [-0.15, -0.1) is 0 Å². The Morgan fingerprint density at radius 2 is 1.79 bits per heavy atom. The summed E-state index contributed by atoms with van der Waals surface area (Å²) in [4.78, 5) is 21.5. The van der Waals surface area contributed by atoms with Gasteiger partial charge in [-0.2, -0.15) is 0 Å². The van der Waals surface area contributed by atoms with Crippen LogP contribution in [0.2, 0.25) is 0 Å². The van der Waals surface area contributed by atoms with Crippen LogP contribution >= 0.6 is 0 Å². The number of nitrogens with zero attached hydrogens (tertiary/aromatic N) is 1. The monoisotopic (exact) mass is 332 g/mol. The number of anilines is 1. The lowest BCUT2D eigenvalue weighted by Gasteiger charge is -2.33. The topological polar surface area (TPSA) is 89.9 Å². The van der Waals surface area contributed by atoms with E-state index in [0.29, 0.717) is 18.2 Å². The lowest BCUT2D eigenvalue weighted by Crippen LogP contribution is -2.34. The van der Waals surface area contributed by atoms with Gasteiger partial charge in [0.2, 0.25) is 0 Å². The van der Waals surface area contributed by atoms with Gasteiger partial charge in [0.25, 0.3) is 0 Å². The first-order chi connectivity index (χ1) is 11.5. The number of nitrogens with one attached hydrogen (secondary N) is 1. The molecule has 3 N–H and O–H groups in total. The molecule has 1 atom stereocenters. The molecule has 0 bridgehead atoms. The van der Waals surface area contributed by atoms with E-state index in [1.807, 2.05) is 0 Å². The maximum atomic E-state index is 9.55. The normalized spacial score (nSPS) is 19.4. The van der Waals surface area contributed by atoms with E-state index in [0.717, 1.165) is 5.92 Å². The molecule has 1 unspecified atom stereocenters. The Kier molecular flexibility index (Phi) is 6.37. The number of carboxylic acids is 2. The number of fused-ring (bicyclic) bond motifs is 1. The molecule has 6 heteroatoms. The quantitative estimate of drug-likeness (QED) is 0.717. The SMILES string of the molecule is CN1CCC(NCC2CC2)c2ccccc21.O=C(O)C=CC(=O)O. The van der Waals surface area contributed by atoms with Gasteiger partial charge in [0, 0.05) is 37.5 Å². The molecule has 6 nitrogen and oxygen atoms in total. The fraction of sp³-hybridized carbons (Fsp3) is 0.444. The number of aliphatic carboxylic acids is 2. The van der Waals surface area contributed by atoms with E-state index in [9.17, 15) is 9.59 Å². The molecule has 0 radical (unpaired) electrons. The third-order valence-corrected chi connectivity index (χ3v) is 4.19. The Bertz CT molecular complexity index is 595. The molecule has 130 valence electrons.